The molecule has 0 saturated carbocycles. The first-order valence-corrected chi connectivity index (χ1v) is 7.64. The maximum Gasteiger partial charge on any atom is 0.269 e. The third-order valence-electron chi connectivity index (χ3n) is 3.42. The molecule has 2 amide bonds. The van der Waals surface area contributed by atoms with Crippen molar-refractivity contribution in [3.63, 3.8) is 0 Å². The number of nitrogens with one attached hydrogen (secondary N) is 2. The van der Waals surface area contributed by atoms with Gasteiger partial charge in [0.2, 0.25) is 0 Å². The summed E-state index contributed by atoms with van der Waals surface area (Å²) in [7, 11) is 0. The van der Waals surface area contributed by atoms with Crippen LogP contribution in [0.25, 0.3) is 0 Å². The molecule has 2 aromatic rings. The average molecular weight is 311 g/mol. The van der Waals surface area contributed by atoms with Gasteiger partial charge in [0, 0.05) is 24.0 Å². The van der Waals surface area contributed by atoms with Crippen LogP contribution in [0.2, 0.25) is 0 Å². The molecule has 5 nitrogen and oxygen atoms in total. The van der Waals surface area contributed by atoms with E-state index in [1.54, 1.807) is 6.07 Å². The number of rotatable bonds is 5. The van der Waals surface area contributed by atoms with Crippen LogP contribution in [-0.4, -0.2) is 23.3 Å². The van der Waals surface area contributed by atoms with E-state index >= 15 is 0 Å². The highest BCUT2D eigenvalue weighted by atomic mass is 16.2. The Morgan fingerprint density at radius 3 is 2.57 bits per heavy atom. The Hall–Kier alpha value is -2.69. The molecule has 0 unspecified atom stereocenters. The standard InChI is InChI=1S/C18H21N3O2/c1-4-8-20-18(23)16-11-14(7-9-19-16)17(22)21-15-6-5-12(2)10-13(15)3/h5-7,9-11H,4,8H2,1-3H3,(H,20,23)(H,21,22). The predicted molar refractivity (Wildman–Crippen MR) is 90.7 cm³/mol. The third-order valence-corrected chi connectivity index (χ3v) is 3.42. The van der Waals surface area contributed by atoms with Gasteiger partial charge in [-0.25, -0.2) is 0 Å². The van der Waals surface area contributed by atoms with Gasteiger partial charge < -0.3 is 10.6 Å². The first kappa shape index (κ1) is 16.7. The lowest BCUT2D eigenvalue weighted by Gasteiger charge is -2.10. The topological polar surface area (TPSA) is 71.1 Å². The monoisotopic (exact) mass is 311 g/mol. The molecule has 0 fully saturated rings. The van der Waals surface area contributed by atoms with E-state index in [9.17, 15) is 9.59 Å². The van der Waals surface area contributed by atoms with Gasteiger partial charge in [0.25, 0.3) is 11.8 Å². The number of carbonyl (C=O) groups is 2. The maximum absolute atomic E-state index is 12.4. The largest absolute Gasteiger partial charge is 0.351 e. The van der Waals surface area contributed by atoms with Crippen LogP contribution in [0.15, 0.2) is 36.5 Å². The van der Waals surface area contributed by atoms with Crippen molar-refractivity contribution in [2.24, 2.45) is 0 Å². The van der Waals surface area contributed by atoms with Gasteiger partial charge in [0.15, 0.2) is 0 Å². The van der Waals surface area contributed by atoms with E-state index in [0.29, 0.717) is 12.1 Å². The van der Waals surface area contributed by atoms with E-state index in [1.807, 2.05) is 39.0 Å². The summed E-state index contributed by atoms with van der Waals surface area (Å²) in [6, 6.07) is 8.92. The van der Waals surface area contributed by atoms with E-state index in [4.69, 9.17) is 0 Å². The number of aromatic nitrogens is 1. The molecular weight excluding hydrogens is 290 g/mol. The molecule has 0 atom stereocenters. The minimum Gasteiger partial charge on any atom is -0.351 e. The zero-order valence-electron chi connectivity index (χ0n) is 13.6. The molecule has 1 aromatic carbocycles. The first-order valence-electron chi connectivity index (χ1n) is 7.64. The normalized spacial score (nSPS) is 10.2. The van der Waals surface area contributed by atoms with Crippen molar-refractivity contribution in [2.75, 3.05) is 11.9 Å². The molecule has 0 aliphatic heterocycles. The Kier molecular flexibility index (Phi) is 5.46. The number of pyridine rings is 1. The smallest absolute Gasteiger partial charge is 0.269 e. The van der Waals surface area contributed by atoms with E-state index in [0.717, 1.165) is 23.2 Å². The fourth-order valence-corrected chi connectivity index (χ4v) is 2.17. The number of anilines is 1. The summed E-state index contributed by atoms with van der Waals surface area (Å²) in [5, 5.41) is 5.61. The Labute approximate surface area is 136 Å². The quantitative estimate of drug-likeness (QED) is 0.891. The molecule has 23 heavy (non-hydrogen) atoms. The third kappa shape index (κ3) is 4.39. The van der Waals surface area contributed by atoms with Crippen LogP contribution in [-0.2, 0) is 0 Å². The van der Waals surface area contributed by atoms with E-state index in [1.165, 1.54) is 12.3 Å². The molecule has 1 aromatic heterocycles. The van der Waals surface area contributed by atoms with E-state index in [2.05, 4.69) is 15.6 Å². The van der Waals surface area contributed by atoms with Gasteiger partial charge in [0.1, 0.15) is 5.69 Å². The maximum atomic E-state index is 12.4. The number of aryl methyl sites for hydroxylation is 2. The van der Waals surface area contributed by atoms with Crippen LogP contribution < -0.4 is 10.6 Å². The first-order chi connectivity index (χ1) is 11.0. The number of carbonyl (C=O) groups excluding carboxylic acids is 2. The van der Waals surface area contributed by atoms with Crippen molar-refractivity contribution in [2.45, 2.75) is 27.2 Å². The Morgan fingerprint density at radius 1 is 1.09 bits per heavy atom. The van der Waals surface area contributed by atoms with Crippen LogP contribution in [0.1, 0.15) is 45.3 Å². The predicted octanol–water partition coefficient (Wildman–Crippen LogP) is 3.09. The average Bonchev–Trinajstić information content (AvgIpc) is 2.55. The van der Waals surface area contributed by atoms with Crippen LogP contribution in [0.3, 0.4) is 0 Å². The fourth-order valence-electron chi connectivity index (χ4n) is 2.17. The lowest BCUT2D eigenvalue weighted by molar-refractivity contribution is 0.0948. The summed E-state index contributed by atoms with van der Waals surface area (Å²) in [5.74, 6) is -0.531. The second kappa shape index (κ2) is 7.54. The molecule has 5 heteroatoms. The molecule has 0 spiro atoms. The van der Waals surface area contributed by atoms with Gasteiger partial charge in [-0.3, -0.25) is 14.6 Å². The zero-order chi connectivity index (χ0) is 16.8. The van der Waals surface area contributed by atoms with Crippen LogP contribution in [0, 0.1) is 13.8 Å². The lowest BCUT2D eigenvalue weighted by atomic mass is 10.1. The van der Waals surface area contributed by atoms with Gasteiger partial charge in [-0.1, -0.05) is 24.6 Å². The van der Waals surface area contributed by atoms with E-state index in [-0.39, 0.29) is 17.5 Å². The molecule has 2 rings (SSSR count). The highest BCUT2D eigenvalue weighted by Crippen LogP contribution is 2.17. The van der Waals surface area contributed by atoms with Crippen LogP contribution in [0.4, 0.5) is 5.69 Å². The second-order valence-corrected chi connectivity index (χ2v) is 5.46. The summed E-state index contributed by atoms with van der Waals surface area (Å²) < 4.78 is 0. The molecule has 0 aliphatic carbocycles. The number of nitrogens with zero attached hydrogens (tertiary/aromatic N) is 1. The Morgan fingerprint density at radius 2 is 1.87 bits per heavy atom. The van der Waals surface area contributed by atoms with Crippen molar-refractivity contribution in [3.05, 3.63) is 58.9 Å². The molecule has 0 aliphatic rings. The molecule has 2 N–H and O–H groups in total. The molecule has 0 bridgehead atoms. The van der Waals surface area contributed by atoms with Crippen molar-refractivity contribution in [1.29, 1.82) is 0 Å². The molecule has 0 saturated heterocycles. The van der Waals surface area contributed by atoms with Crippen molar-refractivity contribution in [3.8, 4) is 0 Å². The minimum atomic E-state index is -0.270. The Balaban J connectivity index is 2.15. The van der Waals surface area contributed by atoms with Crippen molar-refractivity contribution >= 4 is 17.5 Å². The summed E-state index contributed by atoms with van der Waals surface area (Å²) in [5.41, 5.74) is 3.54. The van der Waals surface area contributed by atoms with Crippen LogP contribution in [0.5, 0.6) is 0 Å². The number of amides is 2. The number of hydrogen-bond acceptors (Lipinski definition) is 3. The molecule has 1 heterocycles. The van der Waals surface area contributed by atoms with Gasteiger partial charge in [-0.05, 0) is 44.0 Å². The zero-order valence-corrected chi connectivity index (χ0v) is 13.6. The lowest BCUT2D eigenvalue weighted by Crippen LogP contribution is -2.25. The van der Waals surface area contributed by atoms with Crippen molar-refractivity contribution < 1.29 is 9.59 Å². The summed E-state index contributed by atoms with van der Waals surface area (Å²) in [6.07, 6.45) is 2.32. The van der Waals surface area contributed by atoms with Gasteiger partial charge in [0.05, 0.1) is 0 Å². The number of benzene rings is 1. The highest BCUT2D eigenvalue weighted by Gasteiger charge is 2.12. The highest BCUT2D eigenvalue weighted by molar-refractivity contribution is 6.06. The van der Waals surface area contributed by atoms with Crippen molar-refractivity contribution in [1.82, 2.24) is 10.3 Å². The molecular formula is C18H21N3O2. The minimum absolute atomic E-state index is 0.242. The van der Waals surface area contributed by atoms with Gasteiger partial charge in [-0.15, -0.1) is 0 Å². The SMILES string of the molecule is CCCNC(=O)c1cc(C(=O)Nc2ccc(C)cc2C)ccn1. The number of hydrogen-bond donors (Lipinski definition) is 2. The van der Waals surface area contributed by atoms with E-state index < -0.39 is 0 Å². The summed E-state index contributed by atoms with van der Waals surface area (Å²) in [4.78, 5) is 28.3. The van der Waals surface area contributed by atoms with Gasteiger partial charge >= 0.3 is 0 Å². The van der Waals surface area contributed by atoms with Crippen LogP contribution >= 0.6 is 0 Å². The molecule has 0 radical (unpaired) electrons. The fraction of sp³-hybridized carbons (Fsp3) is 0.278. The molecule has 120 valence electrons. The Bertz CT molecular complexity index is 726. The summed E-state index contributed by atoms with van der Waals surface area (Å²) in [6.45, 7) is 6.50. The second-order valence-electron chi connectivity index (χ2n) is 5.46. The summed E-state index contributed by atoms with van der Waals surface area (Å²) >= 11 is 0. The van der Waals surface area contributed by atoms with Gasteiger partial charge in [-0.2, -0.15) is 0 Å².